The first kappa shape index (κ1) is 8.68. The average molecular weight is 175 g/mol. The van der Waals surface area contributed by atoms with E-state index in [1.165, 1.54) is 0 Å². The number of hydrogen-bond acceptors (Lipinski definition) is 1. The summed E-state index contributed by atoms with van der Waals surface area (Å²) in [5.74, 6) is 0. The molecule has 44 valence electrons. The molecule has 0 aliphatic rings. The Labute approximate surface area is 52.0 Å². The lowest BCUT2D eigenvalue weighted by Crippen LogP contribution is -1.78. The Bertz CT molecular complexity index is 48.1. The Kier molecular flexibility index (Phi) is 4.54. The Morgan fingerprint density at radius 2 is 1.86 bits per heavy atom. The van der Waals surface area contributed by atoms with Crippen LogP contribution in [-0.4, -0.2) is 13.5 Å². The summed E-state index contributed by atoms with van der Waals surface area (Å²) in [4.78, 5) is 0. The first-order chi connectivity index (χ1) is 3.06. The van der Waals surface area contributed by atoms with Crippen molar-refractivity contribution in [2.45, 2.75) is 0 Å². The van der Waals surface area contributed by atoms with Gasteiger partial charge in [0.15, 0.2) is 6.35 Å². The van der Waals surface area contributed by atoms with Crippen LogP contribution in [0.2, 0.25) is 0 Å². The van der Waals surface area contributed by atoms with Gasteiger partial charge in [-0.2, -0.15) is 0 Å². The SMILES string of the molecule is COC[P+](P)(P)P. The predicted molar refractivity (Wildman–Crippen MR) is 47.9 cm³/mol. The molecule has 7 heavy (non-hydrogen) atoms. The molecule has 0 saturated heterocycles. The van der Waals surface area contributed by atoms with Gasteiger partial charge in [0.05, 0.1) is 6.33 Å². The molecule has 3 unspecified atom stereocenters. The first-order valence-electron chi connectivity index (χ1n) is 1.79. The second-order valence-electron chi connectivity index (χ2n) is 1.41. The monoisotopic (exact) mass is 175 g/mol. The zero-order valence-electron chi connectivity index (χ0n) is 4.29. The number of hydrogen-bond donors (Lipinski definition) is 0. The largest absolute Gasteiger partial charge is 0.349 e. The minimum absolute atomic E-state index is 0.840. The molecule has 0 aliphatic heterocycles. The van der Waals surface area contributed by atoms with Gasteiger partial charge in [0, 0.05) is 33.9 Å². The maximum absolute atomic E-state index is 4.89. The van der Waals surface area contributed by atoms with Gasteiger partial charge >= 0.3 is 0 Å². The van der Waals surface area contributed by atoms with Crippen LogP contribution in [0.3, 0.4) is 0 Å². The third-order valence-corrected chi connectivity index (χ3v) is 2.40. The van der Waals surface area contributed by atoms with E-state index < -0.39 is 6.33 Å². The van der Waals surface area contributed by atoms with Gasteiger partial charge in [0.25, 0.3) is 0 Å². The van der Waals surface area contributed by atoms with E-state index in [9.17, 15) is 0 Å². The van der Waals surface area contributed by atoms with E-state index >= 15 is 0 Å². The number of rotatable bonds is 2. The summed E-state index contributed by atoms with van der Waals surface area (Å²) in [6, 6.07) is 0. The Balaban J connectivity index is 3.15. The fraction of sp³-hybridized carbons (Fsp3) is 1.00. The maximum atomic E-state index is 4.89. The van der Waals surface area contributed by atoms with Crippen molar-refractivity contribution in [3.8, 4) is 0 Å². The molecular formula is C2H11OP4+. The van der Waals surface area contributed by atoms with Crippen LogP contribution in [0.25, 0.3) is 0 Å². The molecule has 1 nitrogen and oxygen atoms in total. The van der Waals surface area contributed by atoms with Gasteiger partial charge in [0.1, 0.15) is 0 Å². The third kappa shape index (κ3) is 7.68. The van der Waals surface area contributed by atoms with Gasteiger partial charge in [-0.3, -0.25) is 0 Å². The second-order valence-corrected chi connectivity index (χ2v) is 17.7. The van der Waals surface area contributed by atoms with Crippen LogP contribution < -0.4 is 0 Å². The summed E-state index contributed by atoms with van der Waals surface area (Å²) in [6.07, 6.45) is -0.0476. The summed E-state index contributed by atoms with van der Waals surface area (Å²) in [5, 5.41) is 0. The predicted octanol–water partition coefficient (Wildman–Crippen LogP) is 1.98. The highest BCUT2D eigenvalue weighted by Gasteiger charge is 2.16. The van der Waals surface area contributed by atoms with E-state index in [2.05, 4.69) is 26.8 Å². The molecule has 0 aromatic heterocycles. The molecule has 0 amide bonds. The molecule has 0 bridgehead atoms. The number of methoxy groups -OCH3 is 1. The highest BCUT2D eigenvalue weighted by molar-refractivity contribution is 8.74. The summed E-state index contributed by atoms with van der Waals surface area (Å²) < 4.78 is 4.89. The molecule has 0 aliphatic carbocycles. The molecule has 0 aromatic rings. The second kappa shape index (κ2) is 3.66. The van der Waals surface area contributed by atoms with Crippen LogP contribution in [0.5, 0.6) is 0 Å². The first-order valence-corrected chi connectivity index (χ1v) is 8.62. The highest BCUT2D eigenvalue weighted by Crippen LogP contribution is 2.80. The zero-order chi connectivity index (χ0) is 5.91. The third-order valence-electron chi connectivity index (χ3n) is 0.353. The molecule has 0 rings (SSSR count). The Morgan fingerprint density at radius 1 is 1.43 bits per heavy atom. The van der Waals surface area contributed by atoms with Gasteiger partial charge in [-0.1, -0.05) is 0 Å². The molecule has 0 saturated carbocycles. The van der Waals surface area contributed by atoms with Crippen LogP contribution in [0.15, 0.2) is 0 Å². The van der Waals surface area contributed by atoms with Crippen LogP contribution >= 0.6 is 33.1 Å². The minimum atomic E-state index is -0.888. The van der Waals surface area contributed by atoms with E-state index in [0.717, 1.165) is 6.35 Å². The van der Waals surface area contributed by atoms with Crippen LogP contribution in [0.4, 0.5) is 0 Å². The summed E-state index contributed by atoms with van der Waals surface area (Å²) in [7, 11) is 9.96. The molecule has 3 atom stereocenters. The highest BCUT2D eigenvalue weighted by atomic mass is 32.7. The summed E-state index contributed by atoms with van der Waals surface area (Å²) in [5.41, 5.74) is 0. The topological polar surface area (TPSA) is 9.23 Å². The van der Waals surface area contributed by atoms with Crippen LogP contribution in [0.1, 0.15) is 0 Å². The van der Waals surface area contributed by atoms with E-state index in [0.29, 0.717) is 0 Å². The lowest BCUT2D eigenvalue weighted by Gasteiger charge is -2.06. The van der Waals surface area contributed by atoms with Gasteiger partial charge in [0.2, 0.25) is 0 Å². The summed E-state index contributed by atoms with van der Waals surface area (Å²) >= 11 is 0. The molecule has 0 N–H and O–H groups in total. The lowest BCUT2D eigenvalue weighted by molar-refractivity contribution is 0.257. The van der Waals surface area contributed by atoms with Crippen molar-refractivity contribution in [2.75, 3.05) is 13.5 Å². The maximum Gasteiger partial charge on any atom is 0.161 e. The van der Waals surface area contributed by atoms with Gasteiger partial charge in [-0.05, 0) is 0 Å². The van der Waals surface area contributed by atoms with Crippen molar-refractivity contribution in [1.29, 1.82) is 0 Å². The molecule has 0 radical (unpaired) electrons. The molecular weight excluding hydrogens is 164 g/mol. The standard InChI is InChI=1S/C2H11OP4/c1-3-2-7(4,5)6/h2,4-6H2,1H3/q+1. The van der Waals surface area contributed by atoms with Crippen molar-refractivity contribution in [1.82, 2.24) is 0 Å². The van der Waals surface area contributed by atoms with Crippen molar-refractivity contribution in [3.05, 3.63) is 0 Å². The molecule has 0 aromatic carbocycles. The molecule has 0 fully saturated rings. The van der Waals surface area contributed by atoms with Crippen LogP contribution in [-0.2, 0) is 4.74 Å². The summed E-state index contributed by atoms with van der Waals surface area (Å²) in [6.45, 7) is 0. The normalized spacial score (nSPS) is 12.0. The molecule has 0 heterocycles. The van der Waals surface area contributed by atoms with Gasteiger partial charge < -0.3 is 4.74 Å². The van der Waals surface area contributed by atoms with Gasteiger partial charge in [-0.25, -0.2) is 0 Å². The fourth-order valence-electron chi connectivity index (χ4n) is 0.224. The zero-order valence-corrected chi connectivity index (χ0v) is 8.65. The van der Waals surface area contributed by atoms with Crippen molar-refractivity contribution in [3.63, 3.8) is 0 Å². The van der Waals surface area contributed by atoms with E-state index in [1.807, 2.05) is 0 Å². The average Bonchev–Trinajstić information content (AvgIpc) is 1.30. The number of ether oxygens (including phenoxy) is 1. The van der Waals surface area contributed by atoms with Gasteiger partial charge in [-0.15, -0.1) is 0 Å². The molecule has 0 spiro atoms. The van der Waals surface area contributed by atoms with Crippen LogP contribution in [0, 0.1) is 0 Å². The lowest BCUT2D eigenvalue weighted by atomic mass is 11.5. The Morgan fingerprint density at radius 3 is 1.86 bits per heavy atom. The van der Waals surface area contributed by atoms with Crippen molar-refractivity contribution < 1.29 is 4.74 Å². The quantitative estimate of drug-likeness (QED) is 0.583. The fourth-order valence-corrected chi connectivity index (χ4v) is 2.01. The smallest absolute Gasteiger partial charge is 0.161 e. The Hall–Kier alpha value is 1.68. The van der Waals surface area contributed by atoms with Crippen molar-refractivity contribution in [2.24, 2.45) is 0 Å². The minimum Gasteiger partial charge on any atom is -0.349 e. The van der Waals surface area contributed by atoms with E-state index in [1.54, 1.807) is 7.11 Å². The van der Waals surface area contributed by atoms with Crippen molar-refractivity contribution >= 4 is 33.1 Å². The molecule has 5 heteroatoms. The van der Waals surface area contributed by atoms with E-state index in [4.69, 9.17) is 4.74 Å². The van der Waals surface area contributed by atoms with E-state index in [-0.39, 0.29) is 0 Å².